The Labute approximate surface area is 116 Å². The van der Waals surface area contributed by atoms with E-state index in [1.165, 1.54) is 43.4 Å². The summed E-state index contributed by atoms with van der Waals surface area (Å²) < 4.78 is 5.59. The molecule has 0 spiro atoms. The maximum atomic E-state index is 5.59. The molecule has 19 heavy (non-hydrogen) atoms. The molecule has 0 aromatic carbocycles. The summed E-state index contributed by atoms with van der Waals surface area (Å²) in [7, 11) is 0. The second kappa shape index (κ2) is 5.57. The van der Waals surface area contributed by atoms with Crippen LogP contribution >= 0.6 is 11.3 Å². The van der Waals surface area contributed by atoms with Crippen LogP contribution in [0.3, 0.4) is 0 Å². The molecule has 1 fully saturated rings. The lowest BCUT2D eigenvalue weighted by atomic mass is 9.89. The number of hydrogen-bond acceptors (Lipinski definition) is 5. The fourth-order valence-corrected chi connectivity index (χ4v) is 2.99. The van der Waals surface area contributed by atoms with Gasteiger partial charge in [0.15, 0.2) is 11.0 Å². The minimum atomic E-state index is 0.505. The summed E-state index contributed by atoms with van der Waals surface area (Å²) in [5.41, 5.74) is 7.31. The Morgan fingerprint density at radius 2 is 1.95 bits per heavy atom. The molecular weight excluding hydrogens is 258 g/mol. The van der Waals surface area contributed by atoms with Gasteiger partial charge < -0.3 is 10.2 Å². The first kappa shape index (κ1) is 12.4. The molecule has 0 amide bonds. The number of hydrogen-bond donors (Lipinski definition) is 1. The van der Waals surface area contributed by atoms with Crippen LogP contribution in [-0.2, 0) is 0 Å². The van der Waals surface area contributed by atoms with Crippen molar-refractivity contribution < 1.29 is 4.42 Å². The molecule has 2 aromatic heterocycles. The third kappa shape index (κ3) is 3.04. The maximum absolute atomic E-state index is 5.59. The number of aromatic nitrogens is 2. The van der Waals surface area contributed by atoms with Gasteiger partial charge in [-0.05, 0) is 25.0 Å². The summed E-state index contributed by atoms with van der Waals surface area (Å²) >= 11 is 1.44. The largest absolute Gasteiger partial charge is 0.448 e. The fraction of sp³-hybridized carbons (Fsp3) is 0.429. The number of rotatable bonds is 3. The number of nitrogen functional groups attached to an aromatic ring is 1. The summed E-state index contributed by atoms with van der Waals surface area (Å²) in [4.78, 5) is 8.72. The van der Waals surface area contributed by atoms with Gasteiger partial charge in [0.2, 0.25) is 0 Å². The van der Waals surface area contributed by atoms with Crippen LogP contribution < -0.4 is 5.73 Å². The average molecular weight is 275 g/mol. The van der Waals surface area contributed by atoms with Crippen molar-refractivity contribution in [3.63, 3.8) is 0 Å². The quantitative estimate of drug-likeness (QED) is 0.921. The van der Waals surface area contributed by atoms with Crippen LogP contribution in [0.5, 0.6) is 0 Å². The van der Waals surface area contributed by atoms with Crippen molar-refractivity contribution in [1.29, 1.82) is 0 Å². The summed E-state index contributed by atoms with van der Waals surface area (Å²) in [6.45, 7) is 0. The van der Waals surface area contributed by atoms with Gasteiger partial charge in [-0.25, -0.2) is 9.97 Å². The van der Waals surface area contributed by atoms with Gasteiger partial charge in [0.25, 0.3) is 0 Å². The van der Waals surface area contributed by atoms with Crippen LogP contribution in [0.4, 0.5) is 5.13 Å². The zero-order valence-electron chi connectivity index (χ0n) is 10.7. The fourth-order valence-electron chi connectivity index (χ4n) is 2.46. The highest BCUT2D eigenvalue weighted by atomic mass is 32.1. The molecular formula is C14H17N3OS. The molecule has 5 heteroatoms. The molecule has 1 saturated carbocycles. The van der Waals surface area contributed by atoms with Gasteiger partial charge in [0.05, 0.1) is 5.69 Å². The Morgan fingerprint density at radius 1 is 1.16 bits per heavy atom. The first-order valence-electron chi connectivity index (χ1n) is 6.66. The summed E-state index contributed by atoms with van der Waals surface area (Å²) in [6.07, 6.45) is 11.9. The third-order valence-corrected chi connectivity index (χ3v) is 4.15. The lowest BCUT2D eigenvalue weighted by Crippen LogP contribution is -2.04. The van der Waals surface area contributed by atoms with E-state index < -0.39 is 0 Å². The standard InChI is InChI=1S/C14H17N3OS/c15-14-17-12(9-19-14)7-6-11-8-18-13(16-11)10-4-2-1-3-5-10/h6-10H,1-5H2,(H2,15,17)/b7-6+. The predicted octanol–water partition coefficient (Wildman–Crippen LogP) is 3.93. The van der Waals surface area contributed by atoms with Crippen LogP contribution in [0.1, 0.15) is 55.3 Å². The van der Waals surface area contributed by atoms with Crippen molar-refractivity contribution in [3.8, 4) is 0 Å². The van der Waals surface area contributed by atoms with Gasteiger partial charge >= 0.3 is 0 Å². The smallest absolute Gasteiger partial charge is 0.197 e. The van der Waals surface area contributed by atoms with Crippen molar-refractivity contribution in [2.24, 2.45) is 0 Å². The molecule has 0 radical (unpaired) electrons. The van der Waals surface area contributed by atoms with Gasteiger partial charge in [-0.3, -0.25) is 0 Å². The Kier molecular flexibility index (Phi) is 3.64. The molecule has 3 rings (SSSR count). The monoisotopic (exact) mass is 275 g/mol. The Balaban J connectivity index is 1.69. The van der Waals surface area contributed by atoms with Crippen LogP contribution in [0.2, 0.25) is 0 Å². The minimum absolute atomic E-state index is 0.505. The molecule has 2 N–H and O–H groups in total. The van der Waals surface area contributed by atoms with Crippen molar-refractivity contribution >= 4 is 28.6 Å². The van der Waals surface area contributed by atoms with Gasteiger partial charge in [-0.2, -0.15) is 0 Å². The molecule has 4 nitrogen and oxygen atoms in total. The van der Waals surface area contributed by atoms with E-state index in [4.69, 9.17) is 10.2 Å². The van der Waals surface area contributed by atoms with Crippen LogP contribution in [0.15, 0.2) is 16.1 Å². The van der Waals surface area contributed by atoms with Gasteiger partial charge in [-0.1, -0.05) is 19.3 Å². The number of oxazole rings is 1. The molecule has 2 heterocycles. The van der Waals surface area contributed by atoms with Crippen molar-refractivity contribution in [2.75, 3.05) is 5.73 Å². The highest BCUT2D eigenvalue weighted by molar-refractivity contribution is 7.13. The molecule has 0 atom stereocenters. The van der Waals surface area contributed by atoms with E-state index in [0.29, 0.717) is 11.0 Å². The van der Waals surface area contributed by atoms with Crippen LogP contribution in [-0.4, -0.2) is 9.97 Å². The molecule has 0 unspecified atom stereocenters. The first-order chi connectivity index (χ1) is 9.31. The highest BCUT2D eigenvalue weighted by Crippen LogP contribution is 2.32. The number of anilines is 1. The van der Waals surface area contributed by atoms with E-state index in [9.17, 15) is 0 Å². The number of nitrogens with two attached hydrogens (primary N) is 1. The third-order valence-electron chi connectivity index (χ3n) is 3.46. The zero-order valence-corrected chi connectivity index (χ0v) is 11.5. The number of nitrogens with zero attached hydrogens (tertiary/aromatic N) is 2. The van der Waals surface area contributed by atoms with E-state index in [1.54, 1.807) is 6.26 Å². The predicted molar refractivity (Wildman–Crippen MR) is 77.8 cm³/mol. The highest BCUT2D eigenvalue weighted by Gasteiger charge is 2.19. The zero-order chi connectivity index (χ0) is 13.1. The van der Waals surface area contributed by atoms with Crippen LogP contribution in [0.25, 0.3) is 12.2 Å². The van der Waals surface area contributed by atoms with E-state index in [0.717, 1.165) is 17.3 Å². The molecule has 0 aliphatic heterocycles. The first-order valence-corrected chi connectivity index (χ1v) is 7.54. The summed E-state index contributed by atoms with van der Waals surface area (Å²) in [6, 6.07) is 0. The topological polar surface area (TPSA) is 64.9 Å². The second-order valence-corrected chi connectivity index (χ2v) is 5.78. The summed E-state index contributed by atoms with van der Waals surface area (Å²) in [5, 5.41) is 2.51. The molecule has 100 valence electrons. The Bertz CT molecular complexity index is 567. The van der Waals surface area contributed by atoms with E-state index >= 15 is 0 Å². The Hall–Kier alpha value is -1.62. The average Bonchev–Trinajstić information content (AvgIpc) is 3.06. The molecule has 0 saturated heterocycles. The molecule has 1 aliphatic carbocycles. The van der Waals surface area contributed by atoms with Gasteiger partial charge in [0.1, 0.15) is 12.0 Å². The molecule has 0 bridgehead atoms. The molecule has 1 aliphatic rings. The Morgan fingerprint density at radius 3 is 2.68 bits per heavy atom. The normalized spacial score (nSPS) is 17.3. The second-order valence-electron chi connectivity index (χ2n) is 4.89. The lowest BCUT2D eigenvalue weighted by molar-refractivity contribution is 0.363. The maximum Gasteiger partial charge on any atom is 0.197 e. The SMILES string of the molecule is Nc1nc(/C=C/c2coc(C3CCCCC3)n2)cs1. The van der Waals surface area contributed by atoms with Gasteiger partial charge in [-0.15, -0.1) is 11.3 Å². The van der Waals surface area contributed by atoms with E-state index in [-0.39, 0.29) is 0 Å². The van der Waals surface area contributed by atoms with Crippen molar-refractivity contribution in [3.05, 3.63) is 28.9 Å². The number of thiazole rings is 1. The van der Waals surface area contributed by atoms with E-state index in [2.05, 4.69) is 9.97 Å². The van der Waals surface area contributed by atoms with Crippen molar-refractivity contribution in [1.82, 2.24) is 9.97 Å². The lowest BCUT2D eigenvalue weighted by Gasteiger charge is -2.17. The summed E-state index contributed by atoms with van der Waals surface area (Å²) in [5.74, 6) is 1.39. The van der Waals surface area contributed by atoms with Crippen molar-refractivity contribution in [2.45, 2.75) is 38.0 Å². The minimum Gasteiger partial charge on any atom is -0.448 e. The van der Waals surface area contributed by atoms with E-state index in [1.807, 2.05) is 17.5 Å². The molecule has 2 aromatic rings. The van der Waals surface area contributed by atoms with Gasteiger partial charge in [0, 0.05) is 11.3 Å². The van der Waals surface area contributed by atoms with Crippen LogP contribution in [0, 0.1) is 0 Å².